The van der Waals surface area contributed by atoms with Gasteiger partial charge in [-0.3, -0.25) is 0 Å². The van der Waals surface area contributed by atoms with Crippen molar-refractivity contribution < 1.29 is 22.6 Å². The maximum atomic E-state index is 12.6. The SMILES string of the molecule is [CH2]C(OC1CCCCO1)c1cccc(C(F)(F)F)c1. The number of hydrogen-bond acceptors (Lipinski definition) is 2. The van der Waals surface area contributed by atoms with Crippen LogP contribution in [0, 0.1) is 6.92 Å². The van der Waals surface area contributed by atoms with Gasteiger partial charge < -0.3 is 9.47 Å². The van der Waals surface area contributed by atoms with Crippen LogP contribution in [0.5, 0.6) is 0 Å². The number of benzene rings is 1. The van der Waals surface area contributed by atoms with Crippen LogP contribution < -0.4 is 0 Å². The van der Waals surface area contributed by atoms with Crippen molar-refractivity contribution in [2.45, 2.75) is 37.8 Å². The third-order valence-electron chi connectivity index (χ3n) is 3.04. The molecule has 0 amide bonds. The summed E-state index contributed by atoms with van der Waals surface area (Å²) in [5, 5.41) is 0. The third-order valence-corrected chi connectivity index (χ3v) is 3.04. The zero-order valence-corrected chi connectivity index (χ0v) is 10.5. The molecule has 1 aromatic rings. The molecular weight excluding hydrogens is 257 g/mol. The molecule has 1 aliphatic heterocycles. The minimum Gasteiger partial charge on any atom is -0.353 e. The zero-order valence-electron chi connectivity index (χ0n) is 10.5. The first-order valence-corrected chi connectivity index (χ1v) is 6.24. The number of alkyl halides is 3. The van der Waals surface area contributed by atoms with E-state index in [2.05, 4.69) is 6.92 Å². The van der Waals surface area contributed by atoms with E-state index in [4.69, 9.17) is 9.47 Å². The molecule has 1 fully saturated rings. The first-order chi connectivity index (χ1) is 8.97. The van der Waals surface area contributed by atoms with Crippen molar-refractivity contribution in [3.8, 4) is 0 Å². The van der Waals surface area contributed by atoms with E-state index in [9.17, 15) is 13.2 Å². The average molecular weight is 273 g/mol. The average Bonchev–Trinajstić information content (AvgIpc) is 2.39. The van der Waals surface area contributed by atoms with E-state index in [1.54, 1.807) is 6.07 Å². The molecule has 5 heteroatoms. The normalized spacial score (nSPS) is 22.2. The van der Waals surface area contributed by atoms with Crippen molar-refractivity contribution in [1.82, 2.24) is 0 Å². The molecule has 1 saturated heterocycles. The molecule has 0 aromatic heterocycles. The van der Waals surface area contributed by atoms with E-state index in [0.717, 1.165) is 31.4 Å². The molecule has 1 aromatic carbocycles. The van der Waals surface area contributed by atoms with Gasteiger partial charge in [0, 0.05) is 6.61 Å². The predicted octanol–water partition coefficient (Wildman–Crippen LogP) is 4.12. The Morgan fingerprint density at radius 3 is 2.74 bits per heavy atom. The second kappa shape index (κ2) is 5.92. The molecule has 105 valence electrons. The summed E-state index contributed by atoms with van der Waals surface area (Å²) in [5.74, 6) is 0. The fourth-order valence-corrected chi connectivity index (χ4v) is 2.00. The molecule has 2 unspecified atom stereocenters. The number of hydrogen-bond donors (Lipinski definition) is 0. The Bertz CT molecular complexity index is 411. The van der Waals surface area contributed by atoms with Crippen molar-refractivity contribution in [2.75, 3.05) is 6.61 Å². The van der Waals surface area contributed by atoms with Gasteiger partial charge in [0.05, 0.1) is 11.7 Å². The molecule has 0 spiro atoms. The summed E-state index contributed by atoms with van der Waals surface area (Å²) in [6.45, 7) is 4.38. The van der Waals surface area contributed by atoms with E-state index < -0.39 is 17.8 Å². The molecule has 2 nitrogen and oxygen atoms in total. The van der Waals surface area contributed by atoms with Gasteiger partial charge in [-0.2, -0.15) is 13.2 Å². The summed E-state index contributed by atoms with van der Waals surface area (Å²) in [5.41, 5.74) is -0.282. The molecule has 19 heavy (non-hydrogen) atoms. The molecular formula is C14H16F3O2. The van der Waals surface area contributed by atoms with E-state index in [-0.39, 0.29) is 6.29 Å². The smallest absolute Gasteiger partial charge is 0.353 e. The summed E-state index contributed by atoms with van der Waals surface area (Å²) in [6, 6.07) is 5.05. The largest absolute Gasteiger partial charge is 0.416 e. The highest BCUT2D eigenvalue weighted by atomic mass is 19.4. The lowest BCUT2D eigenvalue weighted by Gasteiger charge is -2.26. The monoisotopic (exact) mass is 273 g/mol. The molecule has 0 aliphatic carbocycles. The fourth-order valence-electron chi connectivity index (χ4n) is 2.00. The van der Waals surface area contributed by atoms with E-state index in [1.807, 2.05) is 0 Å². The lowest BCUT2D eigenvalue weighted by atomic mass is 10.1. The molecule has 1 heterocycles. The first-order valence-electron chi connectivity index (χ1n) is 6.24. The van der Waals surface area contributed by atoms with Gasteiger partial charge in [0.15, 0.2) is 6.29 Å². The van der Waals surface area contributed by atoms with Crippen LogP contribution in [0.15, 0.2) is 24.3 Å². The third kappa shape index (κ3) is 3.94. The van der Waals surface area contributed by atoms with Gasteiger partial charge in [-0.15, -0.1) is 0 Å². The Morgan fingerprint density at radius 2 is 2.11 bits per heavy atom. The van der Waals surface area contributed by atoms with Crippen molar-refractivity contribution in [1.29, 1.82) is 0 Å². The van der Waals surface area contributed by atoms with Crippen molar-refractivity contribution in [3.05, 3.63) is 42.3 Å². The topological polar surface area (TPSA) is 18.5 Å². The first kappa shape index (κ1) is 14.3. The quantitative estimate of drug-likeness (QED) is 0.824. The van der Waals surface area contributed by atoms with Gasteiger partial charge >= 0.3 is 6.18 Å². The molecule has 0 bridgehead atoms. The van der Waals surface area contributed by atoms with Crippen LogP contribution in [0.25, 0.3) is 0 Å². The van der Waals surface area contributed by atoms with Crippen molar-refractivity contribution in [2.24, 2.45) is 0 Å². The van der Waals surface area contributed by atoms with Crippen LogP contribution in [-0.2, 0) is 15.7 Å². The second-order valence-electron chi connectivity index (χ2n) is 4.54. The van der Waals surface area contributed by atoms with E-state index in [0.29, 0.717) is 12.2 Å². The lowest BCUT2D eigenvalue weighted by Crippen LogP contribution is -2.23. The Hall–Kier alpha value is -1.07. The Balaban J connectivity index is 2.04. The maximum absolute atomic E-state index is 12.6. The molecule has 1 aliphatic rings. The number of ether oxygens (including phenoxy) is 2. The van der Waals surface area contributed by atoms with Gasteiger partial charge in [-0.1, -0.05) is 12.1 Å². The van der Waals surface area contributed by atoms with E-state index in [1.165, 1.54) is 6.07 Å². The zero-order chi connectivity index (χ0) is 13.9. The molecule has 1 radical (unpaired) electrons. The number of halogens is 3. The Morgan fingerprint density at radius 1 is 1.32 bits per heavy atom. The van der Waals surface area contributed by atoms with Crippen LogP contribution >= 0.6 is 0 Å². The van der Waals surface area contributed by atoms with E-state index >= 15 is 0 Å². The summed E-state index contributed by atoms with van der Waals surface area (Å²) in [4.78, 5) is 0. The summed E-state index contributed by atoms with van der Waals surface area (Å²) in [7, 11) is 0. The lowest BCUT2D eigenvalue weighted by molar-refractivity contribution is -0.180. The Kier molecular flexibility index (Phi) is 4.47. The highest BCUT2D eigenvalue weighted by molar-refractivity contribution is 5.27. The summed E-state index contributed by atoms with van der Waals surface area (Å²) >= 11 is 0. The minimum atomic E-state index is -4.35. The van der Waals surface area contributed by atoms with Crippen molar-refractivity contribution in [3.63, 3.8) is 0 Å². The highest BCUT2D eigenvalue weighted by Crippen LogP contribution is 2.32. The minimum absolute atomic E-state index is 0.370. The van der Waals surface area contributed by atoms with Gasteiger partial charge in [-0.05, 0) is 43.9 Å². The van der Waals surface area contributed by atoms with Crippen LogP contribution in [-0.4, -0.2) is 12.9 Å². The highest BCUT2D eigenvalue weighted by Gasteiger charge is 2.31. The number of rotatable bonds is 3. The summed E-state index contributed by atoms with van der Waals surface area (Å²) < 4.78 is 48.7. The van der Waals surface area contributed by atoms with Gasteiger partial charge in [-0.25, -0.2) is 0 Å². The molecule has 2 rings (SSSR count). The van der Waals surface area contributed by atoms with Crippen molar-refractivity contribution >= 4 is 0 Å². The molecule has 0 N–H and O–H groups in total. The Labute approximate surface area is 110 Å². The van der Waals surface area contributed by atoms with Gasteiger partial charge in [0.25, 0.3) is 0 Å². The van der Waals surface area contributed by atoms with Crippen LogP contribution in [0.4, 0.5) is 13.2 Å². The van der Waals surface area contributed by atoms with Crippen LogP contribution in [0.1, 0.15) is 36.5 Å². The molecule has 2 atom stereocenters. The summed E-state index contributed by atoms with van der Waals surface area (Å²) in [6.07, 6.45) is -2.64. The standard InChI is InChI=1S/C14H16F3O2/c1-10(19-13-7-2-3-8-18-13)11-5-4-6-12(9-11)14(15,16)17/h4-6,9-10,13H,1-3,7-8H2. The second-order valence-corrected chi connectivity index (χ2v) is 4.54. The fraction of sp³-hybridized carbons (Fsp3) is 0.500. The predicted molar refractivity (Wildman–Crippen MR) is 64.2 cm³/mol. The molecule has 0 saturated carbocycles. The van der Waals surface area contributed by atoms with Crippen LogP contribution in [0.2, 0.25) is 0 Å². The van der Waals surface area contributed by atoms with Crippen LogP contribution in [0.3, 0.4) is 0 Å². The van der Waals surface area contributed by atoms with Gasteiger partial charge in [0.1, 0.15) is 0 Å². The maximum Gasteiger partial charge on any atom is 0.416 e. The van der Waals surface area contributed by atoms with Gasteiger partial charge in [0.2, 0.25) is 0 Å².